The number of benzene rings is 1. The molecule has 1 unspecified atom stereocenters. The summed E-state index contributed by atoms with van der Waals surface area (Å²) in [5.41, 5.74) is -0.759. The predicted molar refractivity (Wildman–Crippen MR) is 66.7 cm³/mol. The standard InChI is InChI=1S/C14H20O3/c1-13(2,3)14(17,10-9-12(15)16)11-7-5-4-6-8-11/h4-8,17H,9-10H2,1-3H3,(H,15,16). The van der Waals surface area contributed by atoms with Crippen molar-refractivity contribution in [2.24, 2.45) is 5.41 Å². The Kier molecular flexibility index (Phi) is 3.94. The molecule has 1 aromatic carbocycles. The Balaban J connectivity index is 3.07. The van der Waals surface area contributed by atoms with Crippen LogP contribution in [0.5, 0.6) is 0 Å². The first-order chi connectivity index (χ1) is 7.77. The molecule has 0 aromatic heterocycles. The summed E-state index contributed by atoms with van der Waals surface area (Å²) in [6.07, 6.45) is 0.179. The molecule has 0 aliphatic heterocycles. The van der Waals surface area contributed by atoms with E-state index in [1.807, 2.05) is 51.1 Å². The van der Waals surface area contributed by atoms with Crippen LogP contribution >= 0.6 is 0 Å². The van der Waals surface area contributed by atoms with Crippen molar-refractivity contribution in [2.45, 2.75) is 39.2 Å². The SMILES string of the molecule is CC(C)(C)C(O)(CCC(=O)O)c1ccccc1. The molecule has 1 atom stereocenters. The summed E-state index contributed by atoms with van der Waals surface area (Å²) in [6.45, 7) is 5.76. The first-order valence-electron chi connectivity index (χ1n) is 5.77. The highest BCUT2D eigenvalue weighted by molar-refractivity contribution is 5.66. The van der Waals surface area contributed by atoms with E-state index < -0.39 is 17.0 Å². The van der Waals surface area contributed by atoms with Crippen LogP contribution in [0.4, 0.5) is 0 Å². The molecule has 1 rings (SSSR count). The summed E-state index contributed by atoms with van der Waals surface area (Å²) in [7, 11) is 0. The van der Waals surface area contributed by atoms with E-state index in [0.29, 0.717) is 0 Å². The molecule has 0 bridgehead atoms. The van der Waals surface area contributed by atoms with Gasteiger partial charge in [-0.15, -0.1) is 0 Å². The fraction of sp³-hybridized carbons (Fsp3) is 0.500. The normalized spacial score (nSPS) is 15.3. The number of carbonyl (C=O) groups is 1. The monoisotopic (exact) mass is 236 g/mol. The van der Waals surface area contributed by atoms with Gasteiger partial charge in [-0.3, -0.25) is 4.79 Å². The minimum absolute atomic E-state index is 0.0390. The average molecular weight is 236 g/mol. The van der Waals surface area contributed by atoms with Gasteiger partial charge in [-0.2, -0.15) is 0 Å². The Morgan fingerprint density at radius 2 is 1.71 bits per heavy atom. The number of rotatable bonds is 4. The number of carboxylic acids is 1. The zero-order chi connectivity index (χ0) is 13.1. The first kappa shape index (κ1) is 13.7. The smallest absolute Gasteiger partial charge is 0.303 e. The number of carboxylic acid groups (broad SMARTS) is 1. The molecule has 0 aliphatic rings. The van der Waals surface area contributed by atoms with E-state index in [2.05, 4.69) is 0 Å². The Bertz CT molecular complexity index is 378. The molecule has 3 heteroatoms. The Labute approximate surface area is 102 Å². The second kappa shape index (κ2) is 4.88. The van der Waals surface area contributed by atoms with Gasteiger partial charge in [-0.1, -0.05) is 51.1 Å². The lowest BCUT2D eigenvalue weighted by molar-refractivity contribution is -0.140. The Hall–Kier alpha value is -1.35. The van der Waals surface area contributed by atoms with Crippen LogP contribution in [0.15, 0.2) is 30.3 Å². The maximum Gasteiger partial charge on any atom is 0.303 e. The second-order valence-corrected chi connectivity index (χ2v) is 5.37. The predicted octanol–water partition coefficient (Wildman–Crippen LogP) is 2.79. The van der Waals surface area contributed by atoms with Gasteiger partial charge in [-0.05, 0) is 17.4 Å². The van der Waals surface area contributed by atoms with Gasteiger partial charge < -0.3 is 10.2 Å². The third-order valence-corrected chi connectivity index (χ3v) is 3.19. The van der Waals surface area contributed by atoms with E-state index in [1.165, 1.54) is 0 Å². The summed E-state index contributed by atoms with van der Waals surface area (Å²) in [4.78, 5) is 10.7. The molecule has 0 spiro atoms. The van der Waals surface area contributed by atoms with Gasteiger partial charge in [0.15, 0.2) is 0 Å². The van der Waals surface area contributed by atoms with Crippen molar-refractivity contribution in [3.05, 3.63) is 35.9 Å². The highest BCUT2D eigenvalue weighted by Gasteiger charge is 2.41. The van der Waals surface area contributed by atoms with Gasteiger partial charge in [0.25, 0.3) is 0 Å². The van der Waals surface area contributed by atoms with Crippen LogP contribution in [0.3, 0.4) is 0 Å². The van der Waals surface area contributed by atoms with E-state index >= 15 is 0 Å². The fourth-order valence-corrected chi connectivity index (χ4v) is 1.95. The summed E-state index contributed by atoms with van der Waals surface area (Å²) >= 11 is 0. The van der Waals surface area contributed by atoms with Crippen LogP contribution in [-0.4, -0.2) is 16.2 Å². The van der Waals surface area contributed by atoms with Crippen LogP contribution in [0.2, 0.25) is 0 Å². The minimum atomic E-state index is -1.12. The maximum absolute atomic E-state index is 10.8. The fourth-order valence-electron chi connectivity index (χ4n) is 1.95. The van der Waals surface area contributed by atoms with Crippen molar-refractivity contribution in [1.82, 2.24) is 0 Å². The largest absolute Gasteiger partial charge is 0.481 e. The summed E-state index contributed by atoms with van der Waals surface area (Å²) in [5, 5.41) is 19.6. The van der Waals surface area contributed by atoms with Crippen molar-refractivity contribution in [3.63, 3.8) is 0 Å². The van der Waals surface area contributed by atoms with E-state index in [4.69, 9.17) is 5.11 Å². The van der Waals surface area contributed by atoms with E-state index in [9.17, 15) is 9.90 Å². The summed E-state index contributed by atoms with van der Waals surface area (Å²) in [6, 6.07) is 9.27. The second-order valence-electron chi connectivity index (χ2n) is 5.37. The lowest BCUT2D eigenvalue weighted by atomic mass is 9.70. The van der Waals surface area contributed by atoms with E-state index in [-0.39, 0.29) is 12.8 Å². The molecule has 17 heavy (non-hydrogen) atoms. The Morgan fingerprint density at radius 3 is 2.12 bits per heavy atom. The van der Waals surface area contributed by atoms with Crippen molar-refractivity contribution >= 4 is 5.97 Å². The summed E-state index contributed by atoms with van der Waals surface area (Å²) < 4.78 is 0. The zero-order valence-corrected chi connectivity index (χ0v) is 10.6. The van der Waals surface area contributed by atoms with Crippen LogP contribution < -0.4 is 0 Å². The van der Waals surface area contributed by atoms with Gasteiger partial charge in [0, 0.05) is 6.42 Å². The van der Waals surface area contributed by atoms with Gasteiger partial charge in [0.1, 0.15) is 0 Å². The molecular weight excluding hydrogens is 216 g/mol. The molecule has 3 nitrogen and oxygen atoms in total. The summed E-state index contributed by atoms with van der Waals surface area (Å²) in [5.74, 6) is -0.886. The number of hydrogen-bond donors (Lipinski definition) is 2. The highest BCUT2D eigenvalue weighted by atomic mass is 16.4. The van der Waals surface area contributed by atoms with Crippen molar-refractivity contribution in [3.8, 4) is 0 Å². The van der Waals surface area contributed by atoms with E-state index in [0.717, 1.165) is 5.56 Å². The molecule has 1 aromatic rings. The van der Waals surface area contributed by atoms with E-state index in [1.54, 1.807) is 0 Å². The molecule has 0 aliphatic carbocycles. The third kappa shape index (κ3) is 3.07. The molecule has 94 valence electrons. The first-order valence-corrected chi connectivity index (χ1v) is 5.77. The number of aliphatic carboxylic acids is 1. The molecule has 0 heterocycles. The molecular formula is C14H20O3. The van der Waals surface area contributed by atoms with Crippen molar-refractivity contribution < 1.29 is 15.0 Å². The molecule has 0 radical (unpaired) electrons. The lowest BCUT2D eigenvalue weighted by Gasteiger charge is -2.40. The highest BCUT2D eigenvalue weighted by Crippen LogP contribution is 2.42. The van der Waals surface area contributed by atoms with Crippen molar-refractivity contribution in [2.75, 3.05) is 0 Å². The van der Waals surface area contributed by atoms with Crippen molar-refractivity contribution in [1.29, 1.82) is 0 Å². The van der Waals surface area contributed by atoms with Crippen LogP contribution in [0, 0.1) is 5.41 Å². The van der Waals surface area contributed by atoms with Crippen LogP contribution in [-0.2, 0) is 10.4 Å². The topological polar surface area (TPSA) is 57.5 Å². The maximum atomic E-state index is 10.8. The van der Waals surface area contributed by atoms with Gasteiger partial charge in [0.05, 0.1) is 5.60 Å². The lowest BCUT2D eigenvalue weighted by Crippen LogP contribution is -2.40. The molecule has 0 saturated heterocycles. The van der Waals surface area contributed by atoms with Gasteiger partial charge in [-0.25, -0.2) is 0 Å². The van der Waals surface area contributed by atoms with Gasteiger partial charge >= 0.3 is 5.97 Å². The zero-order valence-electron chi connectivity index (χ0n) is 10.6. The molecule has 0 amide bonds. The minimum Gasteiger partial charge on any atom is -0.481 e. The quantitative estimate of drug-likeness (QED) is 0.845. The third-order valence-electron chi connectivity index (χ3n) is 3.19. The molecule has 0 fully saturated rings. The molecule has 0 saturated carbocycles. The van der Waals surface area contributed by atoms with Crippen LogP contribution in [0.1, 0.15) is 39.2 Å². The molecule has 2 N–H and O–H groups in total. The number of aliphatic hydroxyl groups is 1. The van der Waals surface area contributed by atoms with Gasteiger partial charge in [0.2, 0.25) is 0 Å². The average Bonchev–Trinajstić information content (AvgIpc) is 2.25. The number of hydrogen-bond acceptors (Lipinski definition) is 2. The Morgan fingerprint density at radius 1 is 1.18 bits per heavy atom. The van der Waals surface area contributed by atoms with Crippen LogP contribution in [0.25, 0.3) is 0 Å².